The Hall–Kier alpha value is -1.09. The monoisotopic (exact) mass is 283 g/mol. The molecule has 2 N–H and O–H groups in total. The number of hydrogen-bond donors (Lipinski definition) is 1. The molecule has 18 heavy (non-hydrogen) atoms. The summed E-state index contributed by atoms with van der Waals surface area (Å²) in [7, 11) is 0. The smallest absolute Gasteiger partial charge is 0.123 e. The van der Waals surface area contributed by atoms with E-state index >= 15 is 0 Å². The van der Waals surface area contributed by atoms with Crippen molar-refractivity contribution in [2.45, 2.75) is 13.0 Å². The van der Waals surface area contributed by atoms with Crippen molar-refractivity contribution < 1.29 is 4.39 Å². The van der Waals surface area contributed by atoms with Crippen molar-refractivity contribution >= 4 is 23.2 Å². The van der Waals surface area contributed by atoms with Gasteiger partial charge in [0.25, 0.3) is 0 Å². The SMILES string of the molecule is Cc1cc(F)cc(C(N)c2cc(Cl)ccc2Cl)c1. The van der Waals surface area contributed by atoms with E-state index in [4.69, 9.17) is 28.9 Å². The maximum Gasteiger partial charge on any atom is 0.123 e. The Bertz CT molecular complexity index is 564. The molecule has 0 saturated carbocycles. The maximum atomic E-state index is 13.4. The largest absolute Gasteiger partial charge is 0.320 e. The highest BCUT2D eigenvalue weighted by Gasteiger charge is 2.14. The molecular weight excluding hydrogens is 272 g/mol. The Labute approximate surface area is 115 Å². The number of benzene rings is 2. The zero-order chi connectivity index (χ0) is 13.3. The predicted molar refractivity (Wildman–Crippen MR) is 73.6 cm³/mol. The van der Waals surface area contributed by atoms with Gasteiger partial charge in [-0.3, -0.25) is 0 Å². The third-order valence-corrected chi connectivity index (χ3v) is 3.30. The zero-order valence-electron chi connectivity index (χ0n) is 9.75. The number of aryl methyl sites for hydroxylation is 1. The van der Waals surface area contributed by atoms with Crippen LogP contribution in [0.25, 0.3) is 0 Å². The molecule has 2 rings (SSSR count). The molecule has 0 bridgehead atoms. The highest BCUT2D eigenvalue weighted by molar-refractivity contribution is 6.33. The third-order valence-electron chi connectivity index (χ3n) is 2.72. The quantitative estimate of drug-likeness (QED) is 0.864. The van der Waals surface area contributed by atoms with Gasteiger partial charge in [-0.05, 0) is 53.9 Å². The number of rotatable bonds is 2. The molecule has 0 aromatic heterocycles. The first kappa shape index (κ1) is 13.3. The van der Waals surface area contributed by atoms with Crippen LogP contribution in [0.2, 0.25) is 10.0 Å². The minimum atomic E-state index is -0.495. The van der Waals surface area contributed by atoms with E-state index in [-0.39, 0.29) is 5.82 Å². The first-order valence-electron chi connectivity index (χ1n) is 5.45. The van der Waals surface area contributed by atoms with Gasteiger partial charge in [-0.1, -0.05) is 29.3 Å². The summed E-state index contributed by atoms with van der Waals surface area (Å²) in [5, 5.41) is 1.08. The van der Waals surface area contributed by atoms with Gasteiger partial charge in [-0.2, -0.15) is 0 Å². The molecule has 4 heteroatoms. The van der Waals surface area contributed by atoms with Crippen LogP contribution in [0.15, 0.2) is 36.4 Å². The third kappa shape index (κ3) is 2.83. The van der Waals surface area contributed by atoms with Gasteiger partial charge in [-0.15, -0.1) is 0 Å². The number of hydrogen-bond acceptors (Lipinski definition) is 1. The molecule has 0 heterocycles. The fraction of sp³-hybridized carbons (Fsp3) is 0.143. The average Bonchev–Trinajstić information content (AvgIpc) is 2.30. The van der Waals surface area contributed by atoms with E-state index in [2.05, 4.69) is 0 Å². The van der Waals surface area contributed by atoms with Crippen LogP contribution in [0.5, 0.6) is 0 Å². The van der Waals surface area contributed by atoms with Crippen LogP contribution in [0.1, 0.15) is 22.7 Å². The Morgan fingerprint density at radius 2 is 1.83 bits per heavy atom. The van der Waals surface area contributed by atoms with E-state index in [1.165, 1.54) is 12.1 Å². The van der Waals surface area contributed by atoms with Gasteiger partial charge >= 0.3 is 0 Å². The Kier molecular flexibility index (Phi) is 3.91. The van der Waals surface area contributed by atoms with Crippen molar-refractivity contribution in [3.05, 3.63) is 69.0 Å². The second kappa shape index (κ2) is 5.27. The van der Waals surface area contributed by atoms with Crippen molar-refractivity contribution in [1.29, 1.82) is 0 Å². The molecule has 94 valence electrons. The first-order chi connectivity index (χ1) is 8.47. The summed E-state index contributed by atoms with van der Waals surface area (Å²) in [6, 6.07) is 9.29. The summed E-state index contributed by atoms with van der Waals surface area (Å²) < 4.78 is 13.4. The van der Waals surface area contributed by atoms with Crippen LogP contribution in [-0.4, -0.2) is 0 Å². The molecule has 2 aromatic carbocycles. The lowest BCUT2D eigenvalue weighted by Crippen LogP contribution is -2.13. The van der Waals surface area contributed by atoms with E-state index in [0.29, 0.717) is 21.2 Å². The van der Waals surface area contributed by atoms with Crippen molar-refractivity contribution in [1.82, 2.24) is 0 Å². The summed E-state index contributed by atoms with van der Waals surface area (Å²) in [6.07, 6.45) is 0. The summed E-state index contributed by atoms with van der Waals surface area (Å²) >= 11 is 12.0. The van der Waals surface area contributed by atoms with Crippen molar-refractivity contribution in [3.63, 3.8) is 0 Å². The first-order valence-corrected chi connectivity index (χ1v) is 6.20. The number of nitrogens with two attached hydrogens (primary N) is 1. The lowest BCUT2D eigenvalue weighted by atomic mass is 9.98. The topological polar surface area (TPSA) is 26.0 Å². The van der Waals surface area contributed by atoms with Crippen LogP contribution in [0.4, 0.5) is 4.39 Å². The summed E-state index contributed by atoms with van der Waals surface area (Å²) in [6.45, 7) is 1.82. The van der Waals surface area contributed by atoms with Gasteiger partial charge < -0.3 is 5.73 Å². The molecule has 1 nitrogen and oxygen atoms in total. The van der Waals surface area contributed by atoms with Gasteiger partial charge in [0.1, 0.15) is 5.82 Å². The van der Waals surface area contributed by atoms with Crippen LogP contribution in [0.3, 0.4) is 0 Å². The molecule has 0 aliphatic rings. The van der Waals surface area contributed by atoms with Crippen LogP contribution >= 0.6 is 23.2 Å². The minimum Gasteiger partial charge on any atom is -0.320 e. The fourth-order valence-electron chi connectivity index (χ4n) is 1.88. The summed E-state index contributed by atoms with van der Waals surface area (Å²) in [5.74, 6) is -0.307. The average molecular weight is 284 g/mol. The van der Waals surface area contributed by atoms with Crippen molar-refractivity contribution in [2.24, 2.45) is 5.73 Å². The molecule has 0 amide bonds. The van der Waals surface area contributed by atoms with E-state index in [0.717, 1.165) is 5.56 Å². The molecule has 1 unspecified atom stereocenters. The molecule has 0 aliphatic heterocycles. The molecule has 0 fully saturated rings. The highest BCUT2D eigenvalue weighted by atomic mass is 35.5. The second-order valence-electron chi connectivity index (χ2n) is 4.21. The van der Waals surface area contributed by atoms with Gasteiger partial charge in [0, 0.05) is 10.0 Å². The summed E-state index contributed by atoms with van der Waals surface area (Å²) in [5.41, 5.74) is 8.30. The summed E-state index contributed by atoms with van der Waals surface area (Å²) in [4.78, 5) is 0. The lowest BCUT2D eigenvalue weighted by Gasteiger charge is -2.15. The van der Waals surface area contributed by atoms with Gasteiger partial charge in [-0.25, -0.2) is 4.39 Å². The van der Waals surface area contributed by atoms with E-state index < -0.39 is 6.04 Å². The van der Waals surface area contributed by atoms with Crippen molar-refractivity contribution in [3.8, 4) is 0 Å². The van der Waals surface area contributed by atoms with Gasteiger partial charge in [0.15, 0.2) is 0 Å². The predicted octanol–water partition coefficient (Wildman–Crippen LogP) is 4.49. The molecule has 0 radical (unpaired) electrons. The lowest BCUT2D eigenvalue weighted by molar-refractivity contribution is 0.622. The van der Waals surface area contributed by atoms with Crippen LogP contribution in [-0.2, 0) is 0 Å². The molecule has 0 spiro atoms. The van der Waals surface area contributed by atoms with Crippen molar-refractivity contribution in [2.75, 3.05) is 0 Å². The normalized spacial score (nSPS) is 12.5. The van der Waals surface area contributed by atoms with Gasteiger partial charge in [0.2, 0.25) is 0 Å². The van der Waals surface area contributed by atoms with Crippen LogP contribution < -0.4 is 5.73 Å². The fourth-order valence-corrected chi connectivity index (χ4v) is 2.29. The molecule has 1 atom stereocenters. The van der Waals surface area contributed by atoms with E-state index in [9.17, 15) is 4.39 Å². The Balaban J connectivity index is 2.47. The van der Waals surface area contributed by atoms with E-state index in [1.54, 1.807) is 18.2 Å². The Morgan fingerprint density at radius 1 is 1.11 bits per heavy atom. The maximum absolute atomic E-state index is 13.4. The Morgan fingerprint density at radius 3 is 2.50 bits per heavy atom. The standard InChI is InChI=1S/C14H12Cl2FN/c1-8-4-9(6-11(17)5-8)14(18)12-7-10(15)2-3-13(12)16/h2-7,14H,18H2,1H3. The van der Waals surface area contributed by atoms with E-state index in [1.807, 2.05) is 13.0 Å². The van der Waals surface area contributed by atoms with Gasteiger partial charge in [0.05, 0.1) is 6.04 Å². The second-order valence-corrected chi connectivity index (χ2v) is 5.05. The molecule has 2 aromatic rings. The highest BCUT2D eigenvalue weighted by Crippen LogP contribution is 2.29. The number of halogens is 3. The molecule has 0 saturated heterocycles. The molecule has 0 aliphatic carbocycles. The van der Waals surface area contributed by atoms with Crippen LogP contribution in [0, 0.1) is 12.7 Å². The zero-order valence-corrected chi connectivity index (χ0v) is 11.3. The molecular formula is C14H12Cl2FN. The minimum absolute atomic E-state index is 0.307.